The molecule has 0 saturated heterocycles. The van der Waals surface area contributed by atoms with Gasteiger partial charge in [0.25, 0.3) is 5.91 Å². The molecular weight excluding hydrogens is 260 g/mol. The summed E-state index contributed by atoms with van der Waals surface area (Å²) in [7, 11) is 0. The van der Waals surface area contributed by atoms with Crippen LogP contribution in [0.25, 0.3) is 0 Å². The van der Waals surface area contributed by atoms with Gasteiger partial charge >= 0.3 is 0 Å². The minimum Gasteiger partial charge on any atom is -0.399 e. The normalized spacial score (nSPS) is 18.4. The third-order valence-electron chi connectivity index (χ3n) is 3.86. The Balaban J connectivity index is 1.76. The number of hydrogen-bond donors (Lipinski definition) is 1. The highest BCUT2D eigenvalue weighted by atomic mass is 35.5. The van der Waals surface area contributed by atoms with Crippen LogP contribution in [0.1, 0.15) is 36.0 Å². The molecule has 3 nitrogen and oxygen atoms in total. The van der Waals surface area contributed by atoms with Crippen LogP contribution in [0.15, 0.2) is 18.2 Å². The van der Waals surface area contributed by atoms with Crippen molar-refractivity contribution in [3.05, 3.63) is 28.8 Å². The highest BCUT2D eigenvalue weighted by molar-refractivity contribution is 6.34. The number of nitrogen functional groups attached to an aromatic ring is 1. The van der Waals surface area contributed by atoms with Crippen molar-refractivity contribution in [2.45, 2.75) is 25.7 Å². The number of nitrogens with two attached hydrogens (primary N) is 1. The van der Waals surface area contributed by atoms with E-state index in [4.69, 9.17) is 17.3 Å². The zero-order chi connectivity index (χ0) is 13.4. The van der Waals surface area contributed by atoms with Gasteiger partial charge in [-0.3, -0.25) is 4.79 Å². The highest BCUT2D eigenvalue weighted by Gasteiger charge is 2.32. The molecule has 0 heterocycles. The lowest BCUT2D eigenvalue weighted by Crippen LogP contribution is -2.34. The van der Waals surface area contributed by atoms with Gasteiger partial charge < -0.3 is 10.6 Å². The molecule has 0 aliphatic heterocycles. The summed E-state index contributed by atoms with van der Waals surface area (Å²) in [5, 5.41) is 0.460. The van der Waals surface area contributed by atoms with Crippen molar-refractivity contribution in [1.29, 1.82) is 0 Å². The Morgan fingerprint density at radius 2 is 1.79 bits per heavy atom. The Hall–Kier alpha value is -1.22. The Labute approximate surface area is 118 Å². The Bertz CT molecular complexity index is 481. The lowest BCUT2D eigenvalue weighted by molar-refractivity contribution is 0.0740. The maximum absolute atomic E-state index is 12.6. The summed E-state index contributed by atoms with van der Waals surface area (Å²) in [6.45, 7) is 1.77. The second-order valence-corrected chi connectivity index (χ2v) is 6.24. The minimum atomic E-state index is 0.0591. The third kappa shape index (κ3) is 3.21. The topological polar surface area (TPSA) is 46.3 Å². The number of nitrogens with zero attached hydrogens (tertiary/aromatic N) is 1. The molecule has 2 aliphatic carbocycles. The summed E-state index contributed by atoms with van der Waals surface area (Å²) in [4.78, 5) is 14.6. The number of hydrogen-bond acceptors (Lipinski definition) is 2. The van der Waals surface area contributed by atoms with Crippen LogP contribution < -0.4 is 5.73 Å². The molecule has 19 heavy (non-hydrogen) atoms. The molecule has 2 fully saturated rings. The summed E-state index contributed by atoms with van der Waals surface area (Å²) in [5.74, 6) is 1.47. The van der Waals surface area contributed by atoms with E-state index >= 15 is 0 Å². The predicted molar refractivity (Wildman–Crippen MR) is 77.2 cm³/mol. The Morgan fingerprint density at radius 1 is 1.21 bits per heavy atom. The molecule has 0 unspecified atom stereocenters. The molecule has 1 amide bonds. The average molecular weight is 279 g/mol. The first-order valence-corrected chi connectivity index (χ1v) is 7.35. The molecular formula is C15H19ClN2O. The van der Waals surface area contributed by atoms with Gasteiger partial charge in [-0.15, -0.1) is 0 Å². The largest absolute Gasteiger partial charge is 0.399 e. The first-order chi connectivity index (χ1) is 9.13. The van der Waals surface area contributed by atoms with Crippen molar-refractivity contribution in [3.63, 3.8) is 0 Å². The van der Waals surface area contributed by atoms with Gasteiger partial charge in [-0.1, -0.05) is 11.6 Å². The monoisotopic (exact) mass is 278 g/mol. The maximum Gasteiger partial charge on any atom is 0.255 e. The fraction of sp³-hybridized carbons (Fsp3) is 0.533. The number of carbonyl (C=O) groups is 1. The molecule has 3 rings (SSSR count). The van der Waals surface area contributed by atoms with Crippen LogP contribution in [0.2, 0.25) is 5.02 Å². The number of amides is 1. The number of anilines is 1. The second-order valence-electron chi connectivity index (χ2n) is 5.84. The average Bonchev–Trinajstić information content (AvgIpc) is 3.22. The number of carbonyl (C=O) groups excluding carboxylic acids is 1. The first kappa shape index (κ1) is 12.8. The molecule has 0 aromatic heterocycles. The lowest BCUT2D eigenvalue weighted by atomic mass is 10.1. The zero-order valence-electron chi connectivity index (χ0n) is 10.9. The molecule has 102 valence electrons. The second kappa shape index (κ2) is 5.04. The van der Waals surface area contributed by atoms with Gasteiger partial charge in [-0.25, -0.2) is 0 Å². The van der Waals surface area contributed by atoms with Gasteiger partial charge in [-0.2, -0.15) is 0 Å². The van der Waals surface area contributed by atoms with Gasteiger partial charge in [0.2, 0.25) is 0 Å². The van der Waals surface area contributed by atoms with Crippen LogP contribution in [0.5, 0.6) is 0 Å². The number of benzene rings is 1. The van der Waals surface area contributed by atoms with Gasteiger partial charge in [0, 0.05) is 18.8 Å². The Morgan fingerprint density at radius 3 is 2.26 bits per heavy atom. The third-order valence-corrected chi connectivity index (χ3v) is 4.17. The first-order valence-electron chi connectivity index (χ1n) is 6.98. The number of rotatable bonds is 5. The van der Waals surface area contributed by atoms with Crippen molar-refractivity contribution in [2.75, 3.05) is 18.8 Å². The van der Waals surface area contributed by atoms with Crippen LogP contribution in [0.4, 0.5) is 5.69 Å². The Kier molecular flexibility index (Phi) is 3.40. The van der Waals surface area contributed by atoms with Crippen LogP contribution in [0, 0.1) is 11.8 Å². The molecule has 0 radical (unpaired) electrons. The minimum absolute atomic E-state index is 0.0591. The van der Waals surface area contributed by atoms with E-state index in [9.17, 15) is 4.79 Å². The SMILES string of the molecule is Nc1ccc(C(=O)N(CC2CC2)CC2CC2)c(Cl)c1. The molecule has 0 spiro atoms. The fourth-order valence-corrected chi connectivity index (χ4v) is 2.61. The van der Waals surface area contributed by atoms with E-state index in [2.05, 4.69) is 0 Å². The van der Waals surface area contributed by atoms with Crippen LogP contribution >= 0.6 is 11.6 Å². The van der Waals surface area contributed by atoms with Crippen LogP contribution in [-0.4, -0.2) is 23.9 Å². The predicted octanol–water partition coefficient (Wildman–Crippen LogP) is 3.18. The van der Waals surface area contributed by atoms with Crippen molar-refractivity contribution in [1.82, 2.24) is 4.90 Å². The van der Waals surface area contributed by atoms with E-state index in [0.29, 0.717) is 28.1 Å². The number of halogens is 1. The van der Waals surface area contributed by atoms with E-state index in [1.807, 2.05) is 4.90 Å². The quantitative estimate of drug-likeness (QED) is 0.841. The molecule has 4 heteroatoms. The van der Waals surface area contributed by atoms with Crippen molar-refractivity contribution in [2.24, 2.45) is 11.8 Å². The van der Waals surface area contributed by atoms with Gasteiger partial charge in [0.05, 0.1) is 10.6 Å². The fourth-order valence-electron chi connectivity index (χ4n) is 2.34. The summed E-state index contributed by atoms with van der Waals surface area (Å²) in [6.07, 6.45) is 5.02. The van der Waals surface area contributed by atoms with Crippen molar-refractivity contribution < 1.29 is 4.79 Å². The van der Waals surface area contributed by atoms with E-state index in [1.54, 1.807) is 18.2 Å². The van der Waals surface area contributed by atoms with Gasteiger partial charge in [0.1, 0.15) is 0 Å². The lowest BCUT2D eigenvalue weighted by Gasteiger charge is -2.23. The van der Waals surface area contributed by atoms with Crippen LogP contribution in [-0.2, 0) is 0 Å². The van der Waals surface area contributed by atoms with E-state index in [0.717, 1.165) is 13.1 Å². The summed E-state index contributed by atoms with van der Waals surface area (Å²) in [5.41, 5.74) is 6.85. The van der Waals surface area contributed by atoms with Gasteiger partial charge in [-0.05, 0) is 55.7 Å². The molecule has 2 N–H and O–H groups in total. The van der Waals surface area contributed by atoms with Crippen molar-refractivity contribution >= 4 is 23.2 Å². The highest BCUT2D eigenvalue weighted by Crippen LogP contribution is 2.34. The van der Waals surface area contributed by atoms with E-state index < -0.39 is 0 Å². The standard InChI is InChI=1S/C15H19ClN2O/c16-14-7-12(17)5-6-13(14)15(19)18(8-10-1-2-10)9-11-3-4-11/h5-7,10-11H,1-4,8-9,17H2. The van der Waals surface area contributed by atoms with E-state index in [-0.39, 0.29) is 5.91 Å². The van der Waals surface area contributed by atoms with Crippen molar-refractivity contribution in [3.8, 4) is 0 Å². The summed E-state index contributed by atoms with van der Waals surface area (Å²) in [6, 6.07) is 5.14. The van der Waals surface area contributed by atoms with E-state index in [1.165, 1.54) is 25.7 Å². The molecule has 2 saturated carbocycles. The van der Waals surface area contributed by atoms with Gasteiger partial charge in [0.15, 0.2) is 0 Å². The molecule has 1 aromatic rings. The summed E-state index contributed by atoms with van der Waals surface area (Å²) < 4.78 is 0. The van der Waals surface area contributed by atoms with Crippen LogP contribution in [0.3, 0.4) is 0 Å². The molecule has 0 atom stereocenters. The summed E-state index contributed by atoms with van der Waals surface area (Å²) >= 11 is 6.15. The molecule has 0 bridgehead atoms. The molecule has 2 aliphatic rings. The smallest absolute Gasteiger partial charge is 0.255 e. The zero-order valence-corrected chi connectivity index (χ0v) is 11.7. The maximum atomic E-state index is 12.6. The molecule has 1 aromatic carbocycles.